The van der Waals surface area contributed by atoms with Gasteiger partial charge in [0.2, 0.25) is 0 Å². The van der Waals surface area contributed by atoms with Crippen LogP contribution in [0.15, 0.2) is 34.1 Å². The van der Waals surface area contributed by atoms with Crippen molar-refractivity contribution in [2.24, 2.45) is 0 Å². The molecule has 0 saturated heterocycles. The summed E-state index contributed by atoms with van der Waals surface area (Å²) < 4.78 is 0. The molecule has 2 aromatic carbocycles. The average molecular weight is 308 g/mol. The van der Waals surface area contributed by atoms with Crippen molar-refractivity contribution in [2.45, 2.75) is 16.2 Å². The first-order valence-corrected chi connectivity index (χ1v) is 7.03. The van der Waals surface area contributed by atoms with E-state index in [-0.39, 0.29) is 21.8 Å². The number of hydrogen-bond donors (Lipinski definition) is 2. The molecule has 0 saturated carbocycles. The smallest absolute Gasteiger partial charge is 0.194 e. The molecule has 100 valence electrons. The highest BCUT2D eigenvalue weighted by Crippen LogP contribution is 2.38. The summed E-state index contributed by atoms with van der Waals surface area (Å²) in [4.78, 5) is 13.3. The van der Waals surface area contributed by atoms with Gasteiger partial charge in [-0.1, -0.05) is 24.3 Å². The Hall–Kier alpha value is -2.21. The van der Waals surface area contributed by atoms with E-state index in [1.165, 1.54) is 0 Å². The Morgan fingerprint density at radius 2 is 1.62 bits per heavy atom. The highest BCUT2D eigenvalue weighted by Gasteiger charge is 2.30. The summed E-state index contributed by atoms with van der Waals surface area (Å²) in [6.07, 6.45) is 0.504. The number of carbonyl (C=O) groups is 1. The number of fused-ring (bicyclic) bond motifs is 2. The van der Waals surface area contributed by atoms with Crippen molar-refractivity contribution in [2.75, 3.05) is 0 Å². The maximum Gasteiger partial charge on any atom is 0.194 e. The molecule has 0 unspecified atom stereocenters. The van der Waals surface area contributed by atoms with Gasteiger partial charge in [0.1, 0.15) is 12.1 Å². The summed E-state index contributed by atoms with van der Waals surface area (Å²) in [6, 6.07) is 11.2. The number of carbonyl (C=O) groups excluding carboxylic acids is 1. The van der Waals surface area contributed by atoms with Crippen LogP contribution in [0, 0.1) is 22.7 Å². The van der Waals surface area contributed by atoms with Gasteiger partial charge in [0.15, 0.2) is 5.78 Å². The van der Waals surface area contributed by atoms with E-state index in [1.807, 2.05) is 24.3 Å². The highest BCUT2D eigenvalue weighted by molar-refractivity contribution is 7.81. The topological polar surface area (TPSA) is 64.7 Å². The summed E-state index contributed by atoms with van der Waals surface area (Å²) in [5, 5.41) is 18.5. The van der Waals surface area contributed by atoms with Gasteiger partial charge in [-0.05, 0) is 11.1 Å². The molecule has 21 heavy (non-hydrogen) atoms. The van der Waals surface area contributed by atoms with Crippen molar-refractivity contribution in [3.8, 4) is 12.1 Å². The van der Waals surface area contributed by atoms with Gasteiger partial charge in [-0.2, -0.15) is 10.5 Å². The molecule has 0 N–H and O–H groups in total. The van der Waals surface area contributed by atoms with Crippen LogP contribution < -0.4 is 0 Å². The second kappa shape index (κ2) is 4.96. The number of nitrogens with zero attached hydrogens (tertiary/aromatic N) is 2. The summed E-state index contributed by atoms with van der Waals surface area (Å²) in [7, 11) is 0. The van der Waals surface area contributed by atoms with Gasteiger partial charge < -0.3 is 0 Å². The molecule has 0 atom stereocenters. The molecule has 0 fully saturated rings. The third-order valence-corrected chi connectivity index (χ3v) is 4.57. The van der Waals surface area contributed by atoms with E-state index in [4.69, 9.17) is 0 Å². The Morgan fingerprint density at radius 1 is 1.00 bits per heavy atom. The number of thiol groups is 2. The molecule has 5 heteroatoms. The van der Waals surface area contributed by atoms with Crippen LogP contribution in [0.25, 0.3) is 0 Å². The zero-order chi connectivity index (χ0) is 15.1. The predicted molar refractivity (Wildman–Crippen MR) is 83.1 cm³/mol. The molecule has 0 radical (unpaired) electrons. The summed E-state index contributed by atoms with van der Waals surface area (Å²) in [6.45, 7) is 0. The molecule has 2 aromatic rings. The summed E-state index contributed by atoms with van der Waals surface area (Å²) >= 11 is 8.70. The van der Waals surface area contributed by atoms with Gasteiger partial charge in [-0.15, -0.1) is 25.3 Å². The monoisotopic (exact) mass is 308 g/mol. The molecule has 0 heterocycles. The SMILES string of the molecule is N#Cc1c(S)c2c(c(S)c1C#N)C(=O)c1ccccc1C2. The quantitative estimate of drug-likeness (QED) is 0.627. The molecule has 0 amide bonds. The number of rotatable bonds is 0. The van der Waals surface area contributed by atoms with Crippen molar-refractivity contribution in [1.82, 2.24) is 0 Å². The fourth-order valence-corrected chi connectivity index (χ4v) is 3.38. The van der Waals surface area contributed by atoms with Crippen LogP contribution in [0.4, 0.5) is 0 Å². The first-order chi connectivity index (χ1) is 10.1. The minimum Gasteiger partial charge on any atom is -0.289 e. The normalized spacial score (nSPS) is 12.1. The lowest BCUT2D eigenvalue weighted by molar-refractivity contribution is 0.103. The van der Waals surface area contributed by atoms with E-state index in [2.05, 4.69) is 25.3 Å². The molecular weight excluding hydrogens is 300 g/mol. The van der Waals surface area contributed by atoms with Gasteiger partial charge in [0, 0.05) is 27.3 Å². The number of benzene rings is 2. The van der Waals surface area contributed by atoms with Crippen molar-refractivity contribution in [3.05, 3.63) is 57.6 Å². The third-order valence-electron chi connectivity index (χ3n) is 3.63. The maximum absolute atomic E-state index is 12.7. The van der Waals surface area contributed by atoms with E-state index in [0.29, 0.717) is 28.0 Å². The highest BCUT2D eigenvalue weighted by atomic mass is 32.1. The Morgan fingerprint density at radius 3 is 2.29 bits per heavy atom. The van der Waals surface area contributed by atoms with Gasteiger partial charge in [-0.25, -0.2) is 0 Å². The van der Waals surface area contributed by atoms with Crippen LogP contribution in [0.1, 0.15) is 38.2 Å². The van der Waals surface area contributed by atoms with E-state index >= 15 is 0 Å². The molecule has 3 nitrogen and oxygen atoms in total. The largest absolute Gasteiger partial charge is 0.289 e. The Balaban J connectivity index is 2.40. The van der Waals surface area contributed by atoms with Crippen LogP contribution in [-0.2, 0) is 6.42 Å². The number of nitriles is 2. The van der Waals surface area contributed by atoms with Crippen molar-refractivity contribution in [1.29, 1.82) is 10.5 Å². The summed E-state index contributed by atoms with van der Waals surface area (Å²) in [5.74, 6) is -0.173. The zero-order valence-corrected chi connectivity index (χ0v) is 12.5. The van der Waals surface area contributed by atoms with E-state index in [0.717, 1.165) is 5.56 Å². The van der Waals surface area contributed by atoms with E-state index < -0.39 is 0 Å². The minimum absolute atomic E-state index is 0.109. The Kier molecular flexibility index (Phi) is 3.25. The van der Waals surface area contributed by atoms with Gasteiger partial charge >= 0.3 is 0 Å². The molecule has 1 aliphatic carbocycles. The second-order valence-corrected chi connectivity index (χ2v) is 5.58. The van der Waals surface area contributed by atoms with Gasteiger partial charge in [0.25, 0.3) is 0 Å². The molecule has 3 rings (SSSR count). The van der Waals surface area contributed by atoms with Crippen LogP contribution >= 0.6 is 25.3 Å². The third kappa shape index (κ3) is 1.86. The fraction of sp³-hybridized carbons (Fsp3) is 0.0625. The lowest BCUT2D eigenvalue weighted by Crippen LogP contribution is -2.18. The molecule has 0 aliphatic heterocycles. The molecule has 0 aromatic heterocycles. The maximum atomic E-state index is 12.7. The van der Waals surface area contributed by atoms with Gasteiger partial charge in [-0.3, -0.25) is 4.79 Å². The van der Waals surface area contributed by atoms with Crippen LogP contribution in [0.2, 0.25) is 0 Å². The van der Waals surface area contributed by atoms with Crippen molar-refractivity contribution in [3.63, 3.8) is 0 Å². The lowest BCUT2D eigenvalue weighted by atomic mass is 9.83. The zero-order valence-electron chi connectivity index (χ0n) is 10.7. The second-order valence-electron chi connectivity index (χ2n) is 4.69. The average Bonchev–Trinajstić information content (AvgIpc) is 2.50. The van der Waals surface area contributed by atoms with E-state index in [1.54, 1.807) is 12.1 Å². The molecule has 1 aliphatic rings. The first-order valence-electron chi connectivity index (χ1n) is 6.13. The minimum atomic E-state index is -0.173. The fourth-order valence-electron chi connectivity index (χ4n) is 2.63. The molecular formula is C16H8N2OS2. The summed E-state index contributed by atoms with van der Waals surface area (Å²) in [5.41, 5.74) is 2.85. The van der Waals surface area contributed by atoms with Crippen molar-refractivity contribution >= 4 is 31.0 Å². The first kappa shape index (κ1) is 13.8. The number of hydrogen-bond acceptors (Lipinski definition) is 5. The van der Waals surface area contributed by atoms with Gasteiger partial charge in [0.05, 0.1) is 11.1 Å². The predicted octanol–water partition coefficient (Wildman–Crippen LogP) is 3.14. The number of ketones is 1. The lowest BCUT2D eigenvalue weighted by Gasteiger charge is -2.22. The van der Waals surface area contributed by atoms with Crippen LogP contribution in [-0.4, -0.2) is 5.78 Å². The standard InChI is InChI=1S/C16H8N2OS2/c17-6-11-12(7-18)16(21)13-10(15(11)20)5-8-3-1-2-4-9(8)14(13)19/h1-4,20-21H,5H2. The van der Waals surface area contributed by atoms with Crippen LogP contribution in [0.5, 0.6) is 0 Å². The van der Waals surface area contributed by atoms with E-state index in [9.17, 15) is 15.3 Å². The Labute approximate surface area is 132 Å². The Bertz CT molecular complexity index is 889. The van der Waals surface area contributed by atoms with Crippen molar-refractivity contribution < 1.29 is 4.79 Å². The molecule has 0 spiro atoms. The van der Waals surface area contributed by atoms with Crippen LogP contribution in [0.3, 0.4) is 0 Å². The molecule has 0 bridgehead atoms.